The summed E-state index contributed by atoms with van der Waals surface area (Å²) in [5.74, 6) is -0.955. The Balaban J connectivity index is 0.000000146. The Kier molecular flexibility index (Phi) is 30.0. The number of aliphatic carboxylic acids is 3. The number of carbonyl (C=O) groups is 3. The number of unbranched alkanes of at least 4 members (excludes halogenated alkanes) is 3. The van der Waals surface area contributed by atoms with Crippen molar-refractivity contribution in [3.63, 3.8) is 0 Å². The molecular formula is C87H114F3N9O12. The second kappa shape index (κ2) is 40.9. The Morgan fingerprint density at radius 3 is 1.16 bits per heavy atom. The number of rotatable bonds is 30. The Labute approximate surface area is 651 Å². The summed E-state index contributed by atoms with van der Waals surface area (Å²) >= 11 is 0. The fraction of sp³-hybridized carbons (Fsp3) is 0.586. The van der Waals surface area contributed by atoms with Crippen molar-refractivity contribution in [1.82, 2.24) is 29.7 Å². The van der Waals surface area contributed by atoms with Crippen LogP contribution in [0.15, 0.2) is 91.0 Å². The molecule has 3 aromatic heterocycles. The van der Waals surface area contributed by atoms with E-state index in [2.05, 4.69) is 52.3 Å². The Morgan fingerprint density at radius 2 is 0.802 bits per heavy atom. The van der Waals surface area contributed by atoms with Gasteiger partial charge in [-0.1, -0.05) is 42.5 Å². The number of carboxylic acids is 3. The monoisotopic (exact) mass is 1530 g/mol. The normalized spacial score (nSPS) is 22.8. The van der Waals surface area contributed by atoms with E-state index in [4.69, 9.17) is 43.4 Å². The van der Waals surface area contributed by atoms with Gasteiger partial charge in [0.2, 0.25) is 0 Å². The molecule has 6 fully saturated rings. The third-order valence-electron chi connectivity index (χ3n) is 23.4. The van der Waals surface area contributed by atoms with Crippen LogP contribution in [0.1, 0.15) is 238 Å². The van der Waals surface area contributed by atoms with Crippen LogP contribution < -0.4 is 16.0 Å². The maximum Gasteiger partial charge on any atom is 0.325 e. The van der Waals surface area contributed by atoms with E-state index in [1.165, 1.54) is 47.0 Å². The van der Waals surface area contributed by atoms with Crippen molar-refractivity contribution in [3.8, 4) is 0 Å². The van der Waals surface area contributed by atoms with Crippen LogP contribution in [0.2, 0.25) is 0 Å². The molecular weight excluding hydrogens is 1420 g/mol. The minimum Gasteiger partial charge on any atom is -0.480 e. The molecule has 3 aromatic carbocycles. The van der Waals surface area contributed by atoms with E-state index < -0.39 is 41.9 Å². The zero-order chi connectivity index (χ0) is 76.8. The summed E-state index contributed by atoms with van der Waals surface area (Å²) in [7, 11) is 0. The molecule has 0 aliphatic carbocycles. The minimum absolute atomic E-state index is 0.00254. The predicted molar refractivity (Wildman–Crippen MR) is 418 cm³/mol. The summed E-state index contributed by atoms with van der Waals surface area (Å²) in [5.41, 5.74) is 10.8. The fourth-order valence-electron chi connectivity index (χ4n) is 17.5. The maximum atomic E-state index is 15.1. The van der Waals surface area contributed by atoms with Crippen LogP contribution in [0.5, 0.6) is 0 Å². The van der Waals surface area contributed by atoms with Crippen molar-refractivity contribution in [2.24, 2.45) is 0 Å². The summed E-state index contributed by atoms with van der Waals surface area (Å²) in [6.45, 7) is 10.2. The van der Waals surface area contributed by atoms with Gasteiger partial charge in [-0.3, -0.25) is 29.1 Å². The van der Waals surface area contributed by atoms with E-state index in [1.54, 1.807) is 18.2 Å². The van der Waals surface area contributed by atoms with E-state index in [1.807, 2.05) is 20.8 Å². The highest BCUT2D eigenvalue weighted by atomic mass is 19.1. The standard InChI is InChI=1S/3C29H38FN3O4/c30-24-10-5-9-23(25-11-2-4-18-37-25)26(24)27(29(34)35)33-16-14-22(19-33)36-17-3-1-8-21-13-12-20-7-6-15-31-28(20)32-21;2*30-21-10-12-24(25(18-21)26-8-2-4-17-37-26)27(29(34)35)33-15-13-23(19-33)36-16-3-1-7-22-11-9-20-6-5-14-31-28(20)32-22/h5,9-10,12-13,22,25,27H,1-4,6-8,11,14-19H2,(H,31,32)(H,34,35);2*9-12,18,23,26-27H,1-8,13-17,19H2,(H,31,32)(H,34,35)/t22-,25?,27-;23-,26?,27?;23-,26?,27-/m111/s1. The van der Waals surface area contributed by atoms with Gasteiger partial charge in [0.05, 0.1) is 36.6 Å². The summed E-state index contributed by atoms with van der Waals surface area (Å²) < 4.78 is 79.5. The summed E-state index contributed by atoms with van der Waals surface area (Å²) in [4.78, 5) is 57.3. The number of nitrogens with zero attached hydrogens (tertiary/aromatic N) is 6. The molecule has 0 radical (unpaired) electrons. The molecule has 15 rings (SSSR count). The predicted octanol–water partition coefficient (Wildman–Crippen LogP) is 15.2. The van der Waals surface area contributed by atoms with E-state index in [0.29, 0.717) is 107 Å². The number of halogens is 3. The van der Waals surface area contributed by atoms with Gasteiger partial charge >= 0.3 is 17.9 Å². The minimum atomic E-state index is -1.04. The van der Waals surface area contributed by atoms with Gasteiger partial charge in [0.1, 0.15) is 53.0 Å². The molecule has 6 N–H and O–H groups in total. The van der Waals surface area contributed by atoms with Gasteiger partial charge in [-0.15, -0.1) is 0 Å². The lowest BCUT2D eigenvalue weighted by molar-refractivity contribution is -0.144. The first-order chi connectivity index (χ1) is 54.3. The molecule has 111 heavy (non-hydrogen) atoms. The molecule has 9 aliphatic heterocycles. The Hall–Kier alpha value is -7.65. The van der Waals surface area contributed by atoms with Gasteiger partial charge in [0.25, 0.3) is 0 Å². The number of hydrogen-bond donors (Lipinski definition) is 6. The van der Waals surface area contributed by atoms with Crippen LogP contribution in [0.3, 0.4) is 0 Å². The first kappa shape index (κ1) is 81.4. The number of carboxylic acid groups (broad SMARTS) is 3. The summed E-state index contributed by atoms with van der Waals surface area (Å²) in [5, 5.41) is 40.7. The SMILES string of the molecule is O=C(O)C(c1ccc(F)cc1C1CCCCO1)N1CC[C@@H](OCCCCc2ccc3c(n2)NCCC3)C1.O=C(O)[C@@H](c1c(F)cccc1C1CCCCO1)N1CC[C@@H](OCCCCc2ccc3c(n2)NCCC3)C1.O=C(O)[C@@H](c1ccc(F)cc1C1CCCCO1)N1CC[C@@H](OCCCCc2ccc3c(n2)NCCC3)C1. The molecule has 9 atom stereocenters. The molecule has 12 heterocycles. The topological polar surface area (TPSA) is 252 Å². The van der Waals surface area contributed by atoms with Gasteiger partial charge < -0.3 is 59.7 Å². The number of aromatic nitrogens is 3. The molecule has 21 nitrogen and oxygen atoms in total. The third-order valence-corrected chi connectivity index (χ3v) is 23.4. The van der Waals surface area contributed by atoms with Crippen molar-refractivity contribution in [3.05, 3.63) is 176 Å². The lowest BCUT2D eigenvalue weighted by atomic mass is 9.91. The highest BCUT2D eigenvalue weighted by Crippen LogP contribution is 2.42. The first-order valence-corrected chi connectivity index (χ1v) is 41.4. The molecule has 9 aliphatic rings. The third kappa shape index (κ3) is 22.2. The van der Waals surface area contributed by atoms with Crippen LogP contribution in [-0.2, 0) is 81.3 Å². The number of fused-ring (bicyclic) bond motifs is 3. The van der Waals surface area contributed by atoms with E-state index >= 15 is 4.39 Å². The number of anilines is 3. The highest BCUT2D eigenvalue weighted by Gasteiger charge is 2.41. The highest BCUT2D eigenvalue weighted by molar-refractivity contribution is 5.78. The molecule has 0 spiro atoms. The quantitative estimate of drug-likeness (QED) is 0.0229. The van der Waals surface area contributed by atoms with Crippen molar-refractivity contribution in [2.75, 3.05) is 114 Å². The van der Waals surface area contributed by atoms with Gasteiger partial charge in [-0.2, -0.15) is 0 Å². The largest absolute Gasteiger partial charge is 0.480 e. The van der Waals surface area contributed by atoms with Crippen LogP contribution in [-0.4, -0.2) is 180 Å². The van der Waals surface area contributed by atoms with E-state index in [9.17, 15) is 38.5 Å². The maximum absolute atomic E-state index is 15.1. The summed E-state index contributed by atoms with van der Waals surface area (Å²) in [6.07, 6.45) is 25.1. The number of ether oxygens (including phenoxy) is 6. The first-order valence-electron chi connectivity index (χ1n) is 41.4. The number of pyridine rings is 3. The molecule has 0 saturated carbocycles. The zero-order valence-corrected chi connectivity index (χ0v) is 64.4. The van der Waals surface area contributed by atoms with Crippen molar-refractivity contribution < 1.29 is 71.3 Å². The lowest BCUT2D eigenvalue weighted by Crippen LogP contribution is -2.35. The number of aryl methyl sites for hydroxylation is 6. The Bertz CT molecular complexity index is 3840. The van der Waals surface area contributed by atoms with Gasteiger partial charge in [-0.25, -0.2) is 28.1 Å². The second-order valence-corrected chi connectivity index (χ2v) is 31.3. The number of likely N-dealkylation sites (tertiary alicyclic amines) is 3. The van der Waals surface area contributed by atoms with Crippen molar-refractivity contribution in [1.29, 1.82) is 0 Å². The molecule has 600 valence electrons. The number of benzene rings is 3. The number of nitrogens with one attached hydrogen (secondary N) is 3. The van der Waals surface area contributed by atoms with Crippen LogP contribution in [0.4, 0.5) is 30.6 Å². The molecule has 0 amide bonds. The molecule has 4 unspecified atom stereocenters. The summed E-state index contributed by atoms with van der Waals surface area (Å²) in [6, 6.07) is 24.0. The Morgan fingerprint density at radius 1 is 0.432 bits per heavy atom. The van der Waals surface area contributed by atoms with Gasteiger partial charge in [0, 0.05) is 121 Å². The van der Waals surface area contributed by atoms with Crippen LogP contribution in [0.25, 0.3) is 0 Å². The number of hydrogen-bond acceptors (Lipinski definition) is 18. The van der Waals surface area contributed by atoms with Crippen LogP contribution in [0, 0.1) is 17.5 Å². The molecule has 6 aromatic rings. The molecule has 0 bridgehead atoms. The van der Waals surface area contributed by atoms with Crippen molar-refractivity contribution >= 4 is 35.4 Å². The smallest absolute Gasteiger partial charge is 0.325 e. The molecule has 24 heteroatoms. The fourth-order valence-corrected chi connectivity index (χ4v) is 17.5. The second-order valence-electron chi connectivity index (χ2n) is 31.3. The average Bonchev–Trinajstić information content (AvgIpc) is 1.71. The van der Waals surface area contributed by atoms with E-state index in [-0.39, 0.29) is 53.8 Å². The average molecular weight is 1530 g/mol. The molecule has 6 saturated heterocycles. The lowest BCUT2D eigenvalue weighted by Gasteiger charge is -2.30. The van der Waals surface area contributed by atoms with E-state index in [0.717, 1.165) is 228 Å². The van der Waals surface area contributed by atoms with Crippen molar-refractivity contribution in [2.45, 2.75) is 228 Å². The zero-order valence-electron chi connectivity index (χ0n) is 64.4. The van der Waals surface area contributed by atoms with Crippen LogP contribution >= 0.6 is 0 Å². The van der Waals surface area contributed by atoms with Gasteiger partial charge in [0.15, 0.2) is 0 Å². The van der Waals surface area contributed by atoms with Gasteiger partial charge in [-0.05, 0) is 266 Å².